The topological polar surface area (TPSA) is 55.1 Å². The molecular weight excluding hydrogens is 224 g/mol. The molecule has 0 bridgehead atoms. The van der Waals surface area contributed by atoms with Crippen LogP contribution in [-0.2, 0) is 11.2 Å². The number of fused-ring (bicyclic) bond motifs is 1. The quantitative estimate of drug-likeness (QED) is 0.836. The van der Waals surface area contributed by atoms with Gasteiger partial charge >= 0.3 is 0 Å². The molecule has 1 aromatic carbocycles. The fraction of sp³-hybridized carbons (Fsp3) is 0.533. The summed E-state index contributed by atoms with van der Waals surface area (Å²) in [4.78, 5) is 11.9. The van der Waals surface area contributed by atoms with Crippen LogP contribution in [0.15, 0.2) is 24.3 Å². The maximum atomic E-state index is 11.9. The molecule has 0 spiro atoms. The molecule has 3 N–H and O–H groups in total. The minimum atomic E-state index is 0.150. The van der Waals surface area contributed by atoms with Gasteiger partial charge in [-0.15, -0.1) is 0 Å². The number of carbonyl (C=O) groups is 1. The fourth-order valence-electron chi connectivity index (χ4n) is 2.47. The van der Waals surface area contributed by atoms with Gasteiger partial charge in [0.05, 0.1) is 6.04 Å². The fourth-order valence-corrected chi connectivity index (χ4v) is 2.47. The Hall–Kier alpha value is -1.35. The Balaban J connectivity index is 1.86. The number of rotatable bonds is 5. The highest BCUT2D eigenvalue weighted by atomic mass is 16.1. The van der Waals surface area contributed by atoms with Crippen molar-refractivity contribution in [1.82, 2.24) is 5.32 Å². The summed E-state index contributed by atoms with van der Waals surface area (Å²) in [7, 11) is 0. The zero-order valence-corrected chi connectivity index (χ0v) is 11.0. The van der Waals surface area contributed by atoms with E-state index < -0.39 is 0 Å². The van der Waals surface area contributed by atoms with Gasteiger partial charge in [-0.2, -0.15) is 0 Å². The van der Waals surface area contributed by atoms with Crippen LogP contribution in [0.2, 0.25) is 0 Å². The van der Waals surface area contributed by atoms with Crippen molar-refractivity contribution < 1.29 is 4.79 Å². The van der Waals surface area contributed by atoms with E-state index >= 15 is 0 Å². The van der Waals surface area contributed by atoms with E-state index in [9.17, 15) is 4.79 Å². The van der Waals surface area contributed by atoms with E-state index in [1.807, 2.05) is 6.07 Å². The Kier molecular flexibility index (Phi) is 4.37. The van der Waals surface area contributed by atoms with Gasteiger partial charge < -0.3 is 11.1 Å². The van der Waals surface area contributed by atoms with Crippen molar-refractivity contribution in [3.8, 4) is 0 Å². The molecule has 0 radical (unpaired) electrons. The summed E-state index contributed by atoms with van der Waals surface area (Å²) in [6.45, 7) is 2.73. The van der Waals surface area contributed by atoms with Gasteiger partial charge in [0, 0.05) is 6.42 Å². The van der Waals surface area contributed by atoms with Crippen LogP contribution >= 0.6 is 0 Å². The molecule has 98 valence electrons. The number of nitrogens with one attached hydrogen (secondary N) is 1. The van der Waals surface area contributed by atoms with Gasteiger partial charge in [0.2, 0.25) is 5.91 Å². The summed E-state index contributed by atoms with van der Waals surface area (Å²) in [5.74, 6) is 0.573. The monoisotopic (exact) mass is 246 g/mol. The van der Waals surface area contributed by atoms with Crippen LogP contribution in [-0.4, -0.2) is 12.5 Å². The normalized spacial score (nSPS) is 19.3. The average molecular weight is 246 g/mol. The number of benzene rings is 1. The maximum Gasteiger partial charge on any atom is 0.220 e. The zero-order valence-electron chi connectivity index (χ0n) is 11.0. The summed E-state index contributed by atoms with van der Waals surface area (Å²) in [6.07, 6.45) is 3.55. The SMILES string of the molecule is CC(CN)CCC(=O)NC1CCc2ccccc21. The van der Waals surface area contributed by atoms with Crippen molar-refractivity contribution in [2.45, 2.75) is 38.6 Å². The maximum absolute atomic E-state index is 11.9. The van der Waals surface area contributed by atoms with Crippen molar-refractivity contribution in [2.75, 3.05) is 6.54 Å². The number of hydrogen-bond acceptors (Lipinski definition) is 2. The Labute approximate surface area is 109 Å². The van der Waals surface area contributed by atoms with Gasteiger partial charge in [-0.05, 0) is 42.9 Å². The Morgan fingerprint density at radius 1 is 1.50 bits per heavy atom. The lowest BCUT2D eigenvalue weighted by Gasteiger charge is -2.15. The number of aryl methyl sites for hydroxylation is 1. The number of amides is 1. The predicted molar refractivity (Wildman–Crippen MR) is 73.1 cm³/mol. The van der Waals surface area contributed by atoms with E-state index in [4.69, 9.17) is 5.73 Å². The summed E-state index contributed by atoms with van der Waals surface area (Å²) in [5, 5.41) is 3.13. The third kappa shape index (κ3) is 3.10. The van der Waals surface area contributed by atoms with Crippen LogP contribution in [0.5, 0.6) is 0 Å². The molecular formula is C15H22N2O. The molecule has 0 fully saturated rings. The summed E-state index contributed by atoms with van der Waals surface area (Å²) >= 11 is 0. The summed E-state index contributed by atoms with van der Waals surface area (Å²) in [6, 6.07) is 8.58. The predicted octanol–water partition coefficient (Wildman–Crippen LogP) is 2.17. The molecule has 0 aromatic heterocycles. The molecule has 1 aliphatic rings. The van der Waals surface area contributed by atoms with E-state index in [0.717, 1.165) is 19.3 Å². The highest BCUT2D eigenvalue weighted by Gasteiger charge is 2.23. The van der Waals surface area contributed by atoms with Crippen LogP contribution in [0.4, 0.5) is 0 Å². The van der Waals surface area contributed by atoms with Crippen molar-refractivity contribution in [3.63, 3.8) is 0 Å². The Morgan fingerprint density at radius 2 is 2.28 bits per heavy atom. The van der Waals surface area contributed by atoms with Gasteiger partial charge in [-0.1, -0.05) is 31.2 Å². The third-order valence-electron chi connectivity index (χ3n) is 3.73. The van der Waals surface area contributed by atoms with Crippen LogP contribution in [0.3, 0.4) is 0 Å². The van der Waals surface area contributed by atoms with Gasteiger partial charge in [0.1, 0.15) is 0 Å². The zero-order chi connectivity index (χ0) is 13.0. The van der Waals surface area contributed by atoms with E-state index in [2.05, 4.69) is 30.4 Å². The second-order valence-electron chi connectivity index (χ2n) is 5.24. The molecule has 18 heavy (non-hydrogen) atoms. The highest BCUT2D eigenvalue weighted by Crippen LogP contribution is 2.30. The van der Waals surface area contributed by atoms with Gasteiger partial charge in [0.25, 0.3) is 0 Å². The first-order chi connectivity index (χ1) is 8.70. The van der Waals surface area contributed by atoms with E-state index in [1.54, 1.807) is 0 Å². The van der Waals surface area contributed by atoms with Gasteiger partial charge in [-0.25, -0.2) is 0 Å². The minimum absolute atomic E-state index is 0.150. The third-order valence-corrected chi connectivity index (χ3v) is 3.73. The van der Waals surface area contributed by atoms with Crippen LogP contribution in [0, 0.1) is 5.92 Å². The van der Waals surface area contributed by atoms with Crippen LogP contribution < -0.4 is 11.1 Å². The number of nitrogens with two attached hydrogens (primary N) is 1. The molecule has 2 unspecified atom stereocenters. The van der Waals surface area contributed by atoms with Crippen molar-refractivity contribution in [3.05, 3.63) is 35.4 Å². The van der Waals surface area contributed by atoms with E-state index in [-0.39, 0.29) is 11.9 Å². The molecule has 0 saturated carbocycles. The molecule has 0 saturated heterocycles. The molecule has 1 amide bonds. The highest BCUT2D eigenvalue weighted by molar-refractivity contribution is 5.76. The Morgan fingerprint density at radius 3 is 3.06 bits per heavy atom. The summed E-state index contributed by atoms with van der Waals surface area (Å²) in [5.41, 5.74) is 8.22. The van der Waals surface area contributed by atoms with E-state index in [1.165, 1.54) is 11.1 Å². The van der Waals surface area contributed by atoms with Crippen molar-refractivity contribution in [2.24, 2.45) is 11.7 Å². The number of carbonyl (C=O) groups excluding carboxylic acids is 1. The molecule has 3 nitrogen and oxygen atoms in total. The first-order valence-electron chi connectivity index (χ1n) is 6.78. The molecule has 2 atom stereocenters. The van der Waals surface area contributed by atoms with E-state index in [0.29, 0.717) is 18.9 Å². The molecule has 0 heterocycles. The lowest BCUT2D eigenvalue weighted by Crippen LogP contribution is -2.27. The Bertz CT molecular complexity index is 417. The largest absolute Gasteiger partial charge is 0.349 e. The molecule has 2 rings (SSSR count). The summed E-state index contributed by atoms with van der Waals surface area (Å²) < 4.78 is 0. The lowest BCUT2D eigenvalue weighted by molar-refractivity contribution is -0.122. The van der Waals surface area contributed by atoms with Gasteiger partial charge in [-0.3, -0.25) is 4.79 Å². The van der Waals surface area contributed by atoms with Gasteiger partial charge in [0.15, 0.2) is 0 Å². The smallest absolute Gasteiger partial charge is 0.220 e. The standard InChI is InChI=1S/C15H22N2O/c1-11(10-16)6-9-15(18)17-14-8-7-12-4-2-3-5-13(12)14/h2-5,11,14H,6-10,16H2,1H3,(H,17,18). The second kappa shape index (κ2) is 6.01. The van der Waals surface area contributed by atoms with Crippen molar-refractivity contribution in [1.29, 1.82) is 0 Å². The molecule has 1 aliphatic carbocycles. The second-order valence-corrected chi connectivity index (χ2v) is 5.24. The van der Waals surface area contributed by atoms with Crippen LogP contribution in [0.1, 0.15) is 43.4 Å². The average Bonchev–Trinajstić information content (AvgIpc) is 2.79. The van der Waals surface area contributed by atoms with Crippen molar-refractivity contribution >= 4 is 5.91 Å². The molecule has 0 aliphatic heterocycles. The molecule has 3 heteroatoms. The lowest BCUT2D eigenvalue weighted by atomic mass is 10.0. The number of hydrogen-bond donors (Lipinski definition) is 2. The first kappa shape index (κ1) is 13.1. The van der Waals surface area contributed by atoms with Crippen LogP contribution in [0.25, 0.3) is 0 Å². The molecule has 1 aromatic rings. The first-order valence-corrected chi connectivity index (χ1v) is 6.78. The minimum Gasteiger partial charge on any atom is -0.349 e.